The van der Waals surface area contributed by atoms with E-state index in [9.17, 15) is 8.42 Å². The second-order valence-electron chi connectivity index (χ2n) is 5.35. The summed E-state index contributed by atoms with van der Waals surface area (Å²) < 4.78 is 28.9. The minimum absolute atomic E-state index is 0.439. The molecular formula is C15H19N3O2S. The summed E-state index contributed by atoms with van der Waals surface area (Å²) >= 11 is 0. The Labute approximate surface area is 124 Å². The second-order valence-corrected chi connectivity index (χ2v) is 7.02. The Balaban J connectivity index is 1.91. The lowest BCUT2D eigenvalue weighted by Crippen LogP contribution is -2.39. The second kappa shape index (κ2) is 5.54. The lowest BCUT2D eigenvalue weighted by Gasteiger charge is -2.26. The molecule has 112 valence electrons. The first-order valence-electron chi connectivity index (χ1n) is 7.12. The van der Waals surface area contributed by atoms with Crippen LogP contribution in [0.1, 0.15) is 19.3 Å². The van der Waals surface area contributed by atoms with Crippen molar-refractivity contribution in [3.05, 3.63) is 36.4 Å². The highest BCUT2D eigenvalue weighted by Crippen LogP contribution is 2.27. The molecule has 5 nitrogen and oxygen atoms in total. The average Bonchev–Trinajstić information content (AvgIpc) is 2.49. The Morgan fingerprint density at radius 3 is 2.29 bits per heavy atom. The number of fused-ring (bicyclic) bond motifs is 1. The summed E-state index contributed by atoms with van der Waals surface area (Å²) in [5.74, 6) is 0. The molecule has 0 radical (unpaired) electrons. The van der Waals surface area contributed by atoms with Crippen LogP contribution in [0, 0.1) is 0 Å². The number of piperidine rings is 1. The number of hydrogen-bond acceptors (Lipinski definition) is 3. The van der Waals surface area contributed by atoms with Crippen molar-refractivity contribution in [2.75, 3.05) is 23.5 Å². The monoisotopic (exact) mass is 305 g/mol. The van der Waals surface area contributed by atoms with E-state index in [4.69, 9.17) is 5.73 Å². The predicted molar refractivity (Wildman–Crippen MR) is 86.3 cm³/mol. The molecule has 1 aliphatic rings. The van der Waals surface area contributed by atoms with Crippen molar-refractivity contribution in [2.45, 2.75) is 19.3 Å². The van der Waals surface area contributed by atoms with Gasteiger partial charge in [0.15, 0.2) is 0 Å². The fourth-order valence-corrected chi connectivity index (χ4v) is 3.98. The molecular weight excluding hydrogens is 286 g/mol. The fourth-order valence-electron chi connectivity index (χ4n) is 2.66. The van der Waals surface area contributed by atoms with E-state index in [1.807, 2.05) is 24.3 Å². The van der Waals surface area contributed by atoms with Gasteiger partial charge in [-0.15, -0.1) is 0 Å². The smallest absolute Gasteiger partial charge is 0.301 e. The summed E-state index contributed by atoms with van der Waals surface area (Å²) in [7, 11) is -3.52. The molecule has 3 N–H and O–H groups in total. The lowest BCUT2D eigenvalue weighted by atomic mass is 10.1. The zero-order chi connectivity index (χ0) is 14.9. The largest absolute Gasteiger partial charge is 0.397 e. The molecule has 0 aliphatic carbocycles. The van der Waals surface area contributed by atoms with Crippen molar-refractivity contribution in [1.82, 2.24) is 4.31 Å². The molecule has 21 heavy (non-hydrogen) atoms. The predicted octanol–water partition coefficient (Wildman–Crippen LogP) is 2.56. The number of hydrogen-bond donors (Lipinski definition) is 2. The quantitative estimate of drug-likeness (QED) is 0.856. The van der Waals surface area contributed by atoms with Crippen LogP contribution < -0.4 is 10.5 Å². The third kappa shape index (κ3) is 2.96. The molecule has 1 fully saturated rings. The topological polar surface area (TPSA) is 75.4 Å². The molecule has 0 saturated carbocycles. The van der Waals surface area contributed by atoms with Gasteiger partial charge in [0.25, 0.3) is 0 Å². The van der Waals surface area contributed by atoms with Crippen LogP contribution in [0.15, 0.2) is 36.4 Å². The third-order valence-electron chi connectivity index (χ3n) is 3.81. The molecule has 0 bridgehead atoms. The van der Waals surface area contributed by atoms with Gasteiger partial charge in [-0.05, 0) is 35.7 Å². The first-order chi connectivity index (χ1) is 10.1. The van der Waals surface area contributed by atoms with Crippen LogP contribution in [-0.4, -0.2) is 25.8 Å². The van der Waals surface area contributed by atoms with Crippen LogP contribution in [0.25, 0.3) is 10.8 Å². The van der Waals surface area contributed by atoms with Crippen molar-refractivity contribution >= 4 is 32.4 Å². The zero-order valence-electron chi connectivity index (χ0n) is 11.7. The van der Waals surface area contributed by atoms with Crippen LogP contribution in [0.5, 0.6) is 0 Å². The first-order valence-corrected chi connectivity index (χ1v) is 8.56. The van der Waals surface area contributed by atoms with Gasteiger partial charge in [-0.25, -0.2) is 0 Å². The van der Waals surface area contributed by atoms with E-state index in [1.54, 1.807) is 12.1 Å². The van der Waals surface area contributed by atoms with Gasteiger partial charge in [0.1, 0.15) is 0 Å². The molecule has 0 amide bonds. The van der Waals surface area contributed by atoms with Crippen LogP contribution in [0.2, 0.25) is 0 Å². The normalized spacial score (nSPS) is 17.0. The molecule has 0 spiro atoms. The summed E-state index contributed by atoms with van der Waals surface area (Å²) in [5, 5.41) is 1.96. The van der Waals surface area contributed by atoms with Crippen LogP contribution >= 0.6 is 0 Å². The van der Waals surface area contributed by atoms with Crippen molar-refractivity contribution in [2.24, 2.45) is 0 Å². The number of nitrogen functional groups attached to an aromatic ring is 1. The van der Waals surface area contributed by atoms with Gasteiger partial charge in [0.05, 0.1) is 11.4 Å². The summed E-state index contributed by atoms with van der Waals surface area (Å²) in [4.78, 5) is 0. The zero-order valence-corrected chi connectivity index (χ0v) is 12.6. The van der Waals surface area contributed by atoms with Gasteiger partial charge in [-0.3, -0.25) is 4.72 Å². The summed E-state index contributed by atoms with van der Waals surface area (Å²) in [5.41, 5.74) is 6.86. The SMILES string of the molecule is Nc1cc2ccccc2cc1NS(=O)(=O)N1CCCCC1. The third-order valence-corrected chi connectivity index (χ3v) is 5.33. The maximum atomic E-state index is 12.4. The summed E-state index contributed by atoms with van der Waals surface area (Å²) in [6, 6.07) is 11.3. The molecule has 1 saturated heterocycles. The number of nitrogens with zero attached hydrogens (tertiary/aromatic N) is 1. The average molecular weight is 305 g/mol. The molecule has 1 aliphatic heterocycles. The lowest BCUT2D eigenvalue weighted by molar-refractivity contribution is 0.349. The number of rotatable bonds is 3. The molecule has 3 rings (SSSR count). The fraction of sp³-hybridized carbons (Fsp3) is 0.333. The van der Waals surface area contributed by atoms with E-state index in [0.717, 1.165) is 30.0 Å². The number of benzene rings is 2. The Hall–Kier alpha value is -1.79. The van der Waals surface area contributed by atoms with Crippen molar-refractivity contribution in [1.29, 1.82) is 0 Å². The van der Waals surface area contributed by atoms with Crippen molar-refractivity contribution in [3.63, 3.8) is 0 Å². The highest BCUT2D eigenvalue weighted by atomic mass is 32.2. The molecule has 2 aromatic rings. The van der Waals surface area contributed by atoms with E-state index >= 15 is 0 Å². The summed E-state index contributed by atoms with van der Waals surface area (Å²) in [6.45, 7) is 1.14. The summed E-state index contributed by atoms with van der Waals surface area (Å²) in [6.07, 6.45) is 2.91. The van der Waals surface area contributed by atoms with Crippen LogP contribution in [0.3, 0.4) is 0 Å². The maximum Gasteiger partial charge on any atom is 0.301 e. The Kier molecular flexibility index (Phi) is 3.73. The van der Waals surface area contributed by atoms with Crippen LogP contribution in [-0.2, 0) is 10.2 Å². The van der Waals surface area contributed by atoms with E-state index in [0.29, 0.717) is 24.5 Å². The highest BCUT2D eigenvalue weighted by Gasteiger charge is 2.24. The molecule has 0 aromatic heterocycles. The standard InChI is InChI=1S/C15H19N3O2S/c16-14-10-12-6-2-3-7-13(12)11-15(14)17-21(19,20)18-8-4-1-5-9-18/h2-3,6-7,10-11,17H,1,4-5,8-9,16H2. The van der Waals surface area contributed by atoms with E-state index < -0.39 is 10.2 Å². The van der Waals surface area contributed by atoms with Gasteiger partial charge < -0.3 is 5.73 Å². The number of nitrogens with one attached hydrogen (secondary N) is 1. The molecule has 0 atom stereocenters. The Morgan fingerprint density at radius 1 is 1.00 bits per heavy atom. The number of anilines is 2. The van der Waals surface area contributed by atoms with Gasteiger partial charge in [0, 0.05) is 13.1 Å². The van der Waals surface area contributed by atoms with Crippen molar-refractivity contribution < 1.29 is 8.42 Å². The van der Waals surface area contributed by atoms with E-state index in [1.165, 1.54) is 4.31 Å². The molecule has 2 aromatic carbocycles. The van der Waals surface area contributed by atoms with Gasteiger partial charge in [-0.2, -0.15) is 12.7 Å². The van der Waals surface area contributed by atoms with Crippen LogP contribution in [0.4, 0.5) is 11.4 Å². The molecule has 6 heteroatoms. The highest BCUT2D eigenvalue weighted by molar-refractivity contribution is 7.90. The Morgan fingerprint density at radius 2 is 1.62 bits per heavy atom. The van der Waals surface area contributed by atoms with E-state index in [2.05, 4.69) is 4.72 Å². The minimum atomic E-state index is -3.52. The minimum Gasteiger partial charge on any atom is -0.397 e. The van der Waals surface area contributed by atoms with Gasteiger partial charge in [0.2, 0.25) is 0 Å². The molecule has 1 heterocycles. The van der Waals surface area contributed by atoms with Gasteiger partial charge in [-0.1, -0.05) is 30.7 Å². The molecule has 0 unspecified atom stereocenters. The Bertz CT molecular complexity index is 753. The maximum absolute atomic E-state index is 12.4. The van der Waals surface area contributed by atoms with Gasteiger partial charge >= 0.3 is 10.2 Å². The van der Waals surface area contributed by atoms with Crippen molar-refractivity contribution in [3.8, 4) is 0 Å². The first kappa shape index (κ1) is 14.2. The van der Waals surface area contributed by atoms with E-state index in [-0.39, 0.29) is 0 Å². The number of nitrogens with two attached hydrogens (primary N) is 1.